The normalized spacial score (nSPS) is 18.2. The van der Waals surface area contributed by atoms with Gasteiger partial charge in [-0.1, -0.05) is 48.0 Å². The van der Waals surface area contributed by atoms with Crippen molar-refractivity contribution in [2.24, 2.45) is 0 Å². The zero-order chi connectivity index (χ0) is 24.2. The van der Waals surface area contributed by atoms with Crippen LogP contribution in [-0.2, 0) is 6.42 Å². The van der Waals surface area contributed by atoms with E-state index in [-0.39, 0.29) is 24.7 Å². The molecule has 4 aromatic rings. The van der Waals surface area contributed by atoms with Crippen molar-refractivity contribution in [2.45, 2.75) is 50.9 Å². The molecule has 0 amide bonds. The van der Waals surface area contributed by atoms with Crippen LogP contribution in [-0.4, -0.2) is 26.6 Å². The van der Waals surface area contributed by atoms with E-state index in [0.29, 0.717) is 24.8 Å². The minimum atomic E-state index is -2.61. The lowest BCUT2D eigenvalue weighted by molar-refractivity contribution is -0.0382. The highest BCUT2D eigenvalue weighted by molar-refractivity contribution is 6.23. The molecule has 0 spiro atoms. The minimum absolute atomic E-state index is 0.0394. The molecule has 2 aromatic carbocycles. The summed E-state index contributed by atoms with van der Waals surface area (Å²) in [4.78, 5) is 18.2. The zero-order valence-electron chi connectivity index (χ0n) is 19.5. The predicted molar refractivity (Wildman–Crippen MR) is 132 cm³/mol. The van der Waals surface area contributed by atoms with E-state index in [1.807, 2.05) is 67.6 Å². The fourth-order valence-electron chi connectivity index (χ4n) is 5.60. The summed E-state index contributed by atoms with van der Waals surface area (Å²) < 4.78 is 29.5. The summed E-state index contributed by atoms with van der Waals surface area (Å²) in [6.45, 7) is 1.98. The van der Waals surface area contributed by atoms with E-state index in [1.54, 1.807) is 6.20 Å². The molecule has 1 aliphatic carbocycles. The number of aromatic nitrogens is 3. The van der Waals surface area contributed by atoms with Crippen molar-refractivity contribution in [3.8, 4) is 11.3 Å². The van der Waals surface area contributed by atoms with E-state index in [9.17, 15) is 13.6 Å². The maximum Gasteiger partial charge on any atom is 0.278 e. The molecule has 2 aliphatic rings. The Bertz CT molecular complexity index is 1480. The van der Waals surface area contributed by atoms with Crippen molar-refractivity contribution in [2.75, 3.05) is 0 Å². The van der Waals surface area contributed by atoms with Gasteiger partial charge in [0.15, 0.2) is 0 Å². The number of rotatable bonds is 3. The first-order chi connectivity index (χ1) is 16.9. The highest BCUT2D eigenvalue weighted by Crippen LogP contribution is 2.46. The molecule has 3 heterocycles. The third kappa shape index (κ3) is 3.77. The summed E-state index contributed by atoms with van der Waals surface area (Å²) in [6.07, 6.45) is 2.85. The minimum Gasteiger partial charge on any atom is -0.267 e. The number of benzene rings is 2. The monoisotopic (exact) mass is 469 g/mol. The lowest BCUT2D eigenvalue weighted by Gasteiger charge is -2.29. The molecule has 1 fully saturated rings. The van der Waals surface area contributed by atoms with Gasteiger partial charge >= 0.3 is 0 Å². The van der Waals surface area contributed by atoms with Gasteiger partial charge in [-0.05, 0) is 49.4 Å². The topological polar surface area (TPSA) is 47.8 Å². The SMILES string of the molecule is CC1=C(c2ccc3ncccc3c2)C(=O)n2nc(-c3ccccc3)c(C3CCC(F)(F)CC3)c2C1. The Kier molecular flexibility index (Phi) is 5.13. The van der Waals surface area contributed by atoms with Gasteiger partial charge in [-0.25, -0.2) is 8.78 Å². The van der Waals surface area contributed by atoms with Crippen LogP contribution in [0.3, 0.4) is 0 Å². The van der Waals surface area contributed by atoms with Crippen LogP contribution < -0.4 is 0 Å². The van der Waals surface area contributed by atoms with E-state index < -0.39 is 5.92 Å². The smallest absolute Gasteiger partial charge is 0.267 e. The number of alkyl halides is 2. The zero-order valence-corrected chi connectivity index (χ0v) is 19.5. The van der Waals surface area contributed by atoms with Crippen molar-refractivity contribution in [1.29, 1.82) is 0 Å². The number of fused-ring (bicyclic) bond motifs is 2. The van der Waals surface area contributed by atoms with Crippen LogP contribution in [0.1, 0.15) is 60.1 Å². The fraction of sp³-hybridized carbons (Fsp3) is 0.276. The summed E-state index contributed by atoms with van der Waals surface area (Å²) in [6, 6.07) is 19.5. The number of pyridine rings is 1. The van der Waals surface area contributed by atoms with Gasteiger partial charge in [0.1, 0.15) is 0 Å². The first-order valence-electron chi connectivity index (χ1n) is 12.1. The molecule has 0 unspecified atom stereocenters. The standard InChI is InChI=1S/C29H25F2N3O/c1-18-16-24-26(19-11-13-29(30,31)14-12-19)27(20-6-3-2-4-7-20)33-34(24)28(35)25(18)22-9-10-23-21(17-22)8-5-15-32-23/h2-10,15,17,19H,11-14,16H2,1H3. The average Bonchev–Trinajstić information content (AvgIpc) is 3.24. The van der Waals surface area contributed by atoms with Gasteiger partial charge in [0.25, 0.3) is 5.91 Å². The Hall–Kier alpha value is -3.67. The van der Waals surface area contributed by atoms with Gasteiger partial charge in [0.2, 0.25) is 5.92 Å². The lowest BCUT2D eigenvalue weighted by atomic mass is 9.79. The number of carbonyl (C=O) groups is 1. The van der Waals surface area contributed by atoms with Crippen LogP contribution in [0.4, 0.5) is 8.78 Å². The van der Waals surface area contributed by atoms with Crippen LogP contribution in [0, 0.1) is 0 Å². The number of nitrogens with zero attached hydrogens (tertiary/aromatic N) is 3. The Morgan fingerprint density at radius 2 is 1.74 bits per heavy atom. The predicted octanol–water partition coefficient (Wildman–Crippen LogP) is 7.06. The number of hydrogen-bond acceptors (Lipinski definition) is 3. The Morgan fingerprint density at radius 3 is 2.51 bits per heavy atom. The number of hydrogen-bond donors (Lipinski definition) is 0. The molecule has 0 saturated heterocycles. The van der Waals surface area contributed by atoms with Gasteiger partial charge in [-0.3, -0.25) is 9.78 Å². The fourth-order valence-corrected chi connectivity index (χ4v) is 5.60. The second kappa shape index (κ2) is 8.22. The molecule has 176 valence electrons. The molecule has 0 bridgehead atoms. The second-order valence-electron chi connectivity index (χ2n) is 9.67. The summed E-state index contributed by atoms with van der Waals surface area (Å²) >= 11 is 0. The molecule has 0 N–H and O–H groups in total. The summed E-state index contributed by atoms with van der Waals surface area (Å²) in [5, 5.41) is 5.79. The van der Waals surface area contributed by atoms with Crippen molar-refractivity contribution in [3.05, 3.63) is 89.3 Å². The Balaban J connectivity index is 1.47. The molecule has 2 aromatic heterocycles. The molecule has 1 saturated carbocycles. The Labute approximate surface area is 202 Å². The van der Waals surface area contributed by atoms with Crippen molar-refractivity contribution in [3.63, 3.8) is 0 Å². The van der Waals surface area contributed by atoms with Crippen molar-refractivity contribution >= 4 is 22.4 Å². The third-order valence-corrected chi connectivity index (χ3v) is 7.35. The first kappa shape index (κ1) is 21.8. The molecule has 1 aliphatic heterocycles. The van der Waals surface area contributed by atoms with Gasteiger partial charge in [0, 0.05) is 47.5 Å². The van der Waals surface area contributed by atoms with E-state index in [0.717, 1.165) is 44.6 Å². The average molecular weight is 470 g/mol. The highest BCUT2D eigenvalue weighted by Gasteiger charge is 2.39. The van der Waals surface area contributed by atoms with Gasteiger partial charge < -0.3 is 0 Å². The second-order valence-corrected chi connectivity index (χ2v) is 9.67. The number of halogens is 2. The van der Waals surface area contributed by atoms with E-state index in [1.165, 1.54) is 4.68 Å². The van der Waals surface area contributed by atoms with Crippen LogP contribution in [0.5, 0.6) is 0 Å². The van der Waals surface area contributed by atoms with Crippen LogP contribution >= 0.6 is 0 Å². The van der Waals surface area contributed by atoms with Crippen molar-refractivity contribution in [1.82, 2.24) is 14.8 Å². The van der Waals surface area contributed by atoms with Crippen LogP contribution in [0.15, 0.2) is 72.4 Å². The highest BCUT2D eigenvalue weighted by atomic mass is 19.3. The maximum atomic E-state index is 14.0. The summed E-state index contributed by atoms with van der Waals surface area (Å²) in [7, 11) is 0. The molecule has 6 heteroatoms. The maximum absolute atomic E-state index is 14.0. The third-order valence-electron chi connectivity index (χ3n) is 7.35. The largest absolute Gasteiger partial charge is 0.278 e. The summed E-state index contributed by atoms with van der Waals surface area (Å²) in [5.74, 6) is -2.82. The van der Waals surface area contributed by atoms with Crippen molar-refractivity contribution < 1.29 is 13.6 Å². The molecule has 4 nitrogen and oxygen atoms in total. The quantitative estimate of drug-likeness (QED) is 0.323. The molecule has 35 heavy (non-hydrogen) atoms. The van der Waals surface area contributed by atoms with E-state index in [2.05, 4.69) is 4.98 Å². The molecule has 0 radical (unpaired) electrons. The molecular formula is C29H25F2N3O. The van der Waals surface area contributed by atoms with Crippen LogP contribution in [0.25, 0.3) is 27.7 Å². The molecule has 0 atom stereocenters. The molecular weight excluding hydrogens is 444 g/mol. The number of carbonyl (C=O) groups excluding carboxylic acids is 1. The Morgan fingerprint density at radius 1 is 0.971 bits per heavy atom. The first-order valence-corrected chi connectivity index (χ1v) is 12.1. The van der Waals surface area contributed by atoms with Gasteiger partial charge in [0.05, 0.1) is 16.9 Å². The molecule has 6 rings (SSSR count). The van der Waals surface area contributed by atoms with Gasteiger partial charge in [-0.15, -0.1) is 0 Å². The summed E-state index contributed by atoms with van der Waals surface area (Å²) in [5.41, 5.74) is 6.77. The van der Waals surface area contributed by atoms with E-state index >= 15 is 0 Å². The van der Waals surface area contributed by atoms with Gasteiger partial charge in [-0.2, -0.15) is 9.78 Å². The lowest BCUT2D eigenvalue weighted by Crippen LogP contribution is -2.26. The van der Waals surface area contributed by atoms with Crippen LogP contribution in [0.2, 0.25) is 0 Å². The number of allylic oxidation sites excluding steroid dienone is 2. The van der Waals surface area contributed by atoms with E-state index in [4.69, 9.17) is 5.10 Å².